The lowest BCUT2D eigenvalue weighted by atomic mass is 10.2. The molecule has 0 fully saturated rings. The molecule has 2 heterocycles. The number of para-hydroxylation sites is 1. The quantitative estimate of drug-likeness (QED) is 0.670. The third-order valence-electron chi connectivity index (χ3n) is 3.53. The molecule has 24 heavy (non-hydrogen) atoms. The molecule has 0 saturated heterocycles. The molecule has 0 amide bonds. The molecule has 0 N–H and O–H groups in total. The van der Waals surface area contributed by atoms with Crippen LogP contribution in [0.5, 0.6) is 0 Å². The number of hydrogen-bond donors (Lipinski definition) is 0. The first-order valence-electron chi connectivity index (χ1n) is 7.52. The molecule has 0 atom stereocenters. The Morgan fingerprint density at radius 1 is 1.17 bits per heavy atom. The molecule has 3 rings (SSSR count). The maximum Gasteiger partial charge on any atom is 0.296 e. The summed E-state index contributed by atoms with van der Waals surface area (Å²) in [6.45, 7) is 2.04. The molecular formula is C17H18F2N4S. The predicted molar refractivity (Wildman–Crippen MR) is 91.2 cm³/mol. The predicted octanol–water partition coefficient (Wildman–Crippen LogP) is 4.20. The van der Waals surface area contributed by atoms with E-state index in [4.69, 9.17) is 0 Å². The fraction of sp³-hybridized carbons (Fsp3) is 0.294. The van der Waals surface area contributed by atoms with Gasteiger partial charge in [-0.3, -0.25) is 4.68 Å². The van der Waals surface area contributed by atoms with Gasteiger partial charge < -0.3 is 4.90 Å². The number of halogens is 2. The molecule has 2 aromatic heterocycles. The molecule has 0 aliphatic carbocycles. The summed E-state index contributed by atoms with van der Waals surface area (Å²) in [6, 6.07) is 9.89. The smallest absolute Gasteiger partial charge is 0.296 e. The molecule has 0 bridgehead atoms. The van der Waals surface area contributed by atoms with E-state index in [0.717, 1.165) is 34.4 Å². The van der Waals surface area contributed by atoms with E-state index in [-0.39, 0.29) is 5.01 Å². The SMILES string of the molecule is Cn1cc(CN(Cc2cnc(C(C)(F)F)s2)c2ccccc2)cn1. The van der Waals surface area contributed by atoms with E-state index in [1.165, 1.54) is 6.20 Å². The number of aromatic nitrogens is 3. The minimum Gasteiger partial charge on any atom is -0.362 e. The van der Waals surface area contributed by atoms with Gasteiger partial charge in [-0.2, -0.15) is 13.9 Å². The van der Waals surface area contributed by atoms with Crippen LogP contribution in [-0.2, 0) is 26.1 Å². The van der Waals surface area contributed by atoms with Gasteiger partial charge in [0.1, 0.15) is 0 Å². The first-order chi connectivity index (χ1) is 11.4. The molecule has 4 nitrogen and oxygen atoms in total. The Labute approximate surface area is 143 Å². The summed E-state index contributed by atoms with van der Waals surface area (Å²) in [6.07, 6.45) is 5.30. The van der Waals surface area contributed by atoms with Crippen molar-refractivity contribution in [2.75, 3.05) is 4.90 Å². The molecular weight excluding hydrogens is 330 g/mol. The monoisotopic (exact) mass is 348 g/mol. The average molecular weight is 348 g/mol. The molecule has 1 aromatic carbocycles. The number of anilines is 1. The number of hydrogen-bond acceptors (Lipinski definition) is 4. The molecule has 0 radical (unpaired) electrons. The molecule has 0 unspecified atom stereocenters. The lowest BCUT2D eigenvalue weighted by Gasteiger charge is -2.23. The summed E-state index contributed by atoms with van der Waals surface area (Å²) < 4.78 is 28.6. The van der Waals surface area contributed by atoms with Crippen molar-refractivity contribution in [2.24, 2.45) is 7.05 Å². The Kier molecular flexibility index (Phi) is 4.62. The van der Waals surface area contributed by atoms with Gasteiger partial charge >= 0.3 is 0 Å². The molecule has 0 saturated carbocycles. The Morgan fingerprint density at radius 3 is 2.50 bits per heavy atom. The minimum absolute atomic E-state index is 0.146. The van der Waals surface area contributed by atoms with E-state index in [1.54, 1.807) is 4.68 Å². The van der Waals surface area contributed by atoms with Crippen molar-refractivity contribution in [3.8, 4) is 0 Å². The van der Waals surface area contributed by atoms with Gasteiger partial charge in [0, 0.05) is 49.0 Å². The van der Waals surface area contributed by atoms with Gasteiger partial charge in [-0.1, -0.05) is 18.2 Å². The third-order valence-corrected chi connectivity index (χ3v) is 4.68. The summed E-state index contributed by atoms with van der Waals surface area (Å²) in [5, 5.41) is 4.04. The largest absolute Gasteiger partial charge is 0.362 e. The van der Waals surface area contributed by atoms with Crippen LogP contribution in [0.3, 0.4) is 0 Å². The van der Waals surface area contributed by atoms with Gasteiger partial charge in [-0.15, -0.1) is 11.3 Å². The van der Waals surface area contributed by atoms with E-state index < -0.39 is 5.92 Å². The third kappa shape index (κ3) is 3.97. The maximum atomic E-state index is 13.4. The van der Waals surface area contributed by atoms with Gasteiger partial charge in [-0.05, 0) is 12.1 Å². The summed E-state index contributed by atoms with van der Waals surface area (Å²) in [4.78, 5) is 6.80. The summed E-state index contributed by atoms with van der Waals surface area (Å²) in [5.41, 5.74) is 2.09. The molecule has 0 spiro atoms. The van der Waals surface area contributed by atoms with Crippen LogP contribution in [0, 0.1) is 0 Å². The minimum atomic E-state index is -2.90. The normalized spacial score (nSPS) is 11.7. The van der Waals surface area contributed by atoms with Crippen molar-refractivity contribution >= 4 is 17.0 Å². The highest BCUT2D eigenvalue weighted by Gasteiger charge is 2.28. The van der Waals surface area contributed by atoms with Crippen LogP contribution in [0.15, 0.2) is 48.9 Å². The maximum absolute atomic E-state index is 13.4. The molecule has 7 heteroatoms. The van der Waals surface area contributed by atoms with Crippen molar-refractivity contribution in [1.29, 1.82) is 0 Å². The van der Waals surface area contributed by atoms with Crippen LogP contribution in [0.2, 0.25) is 0 Å². The summed E-state index contributed by atoms with van der Waals surface area (Å²) >= 11 is 1.05. The lowest BCUT2D eigenvalue weighted by Crippen LogP contribution is -2.21. The van der Waals surface area contributed by atoms with E-state index in [9.17, 15) is 8.78 Å². The van der Waals surface area contributed by atoms with Gasteiger partial charge in [0.25, 0.3) is 5.92 Å². The zero-order chi connectivity index (χ0) is 17.2. The van der Waals surface area contributed by atoms with E-state index in [1.807, 2.05) is 49.8 Å². The number of benzene rings is 1. The second-order valence-corrected chi connectivity index (χ2v) is 6.85. The Balaban J connectivity index is 1.83. The van der Waals surface area contributed by atoms with Crippen molar-refractivity contribution in [2.45, 2.75) is 25.9 Å². The van der Waals surface area contributed by atoms with Crippen molar-refractivity contribution < 1.29 is 8.78 Å². The fourth-order valence-corrected chi connectivity index (χ4v) is 3.28. The number of rotatable bonds is 6. The highest BCUT2D eigenvalue weighted by atomic mass is 32.1. The number of alkyl halides is 2. The van der Waals surface area contributed by atoms with Crippen molar-refractivity contribution in [3.63, 3.8) is 0 Å². The molecule has 0 aliphatic rings. The Bertz CT molecular complexity index is 792. The Hall–Kier alpha value is -2.28. The number of nitrogens with zero attached hydrogens (tertiary/aromatic N) is 4. The van der Waals surface area contributed by atoms with E-state index >= 15 is 0 Å². The van der Waals surface area contributed by atoms with Crippen molar-refractivity contribution in [1.82, 2.24) is 14.8 Å². The van der Waals surface area contributed by atoms with Crippen LogP contribution in [0.1, 0.15) is 22.4 Å². The second-order valence-electron chi connectivity index (χ2n) is 5.73. The van der Waals surface area contributed by atoms with Crippen LogP contribution in [0.4, 0.5) is 14.5 Å². The summed E-state index contributed by atoms with van der Waals surface area (Å²) in [5.74, 6) is -2.90. The number of aryl methyl sites for hydroxylation is 1. The Morgan fingerprint density at radius 2 is 1.92 bits per heavy atom. The first-order valence-corrected chi connectivity index (χ1v) is 8.34. The van der Waals surface area contributed by atoms with Gasteiger partial charge in [-0.25, -0.2) is 4.98 Å². The standard InChI is InChI=1S/C17H18F2N4S/c1-17(18,19)16-20-9-15(24-16)12-23(14-6-4-3-5-7-14)11-13-8-21-22(2)10-13/h3-10H,11-12H2,1-2H3. The van der Waals surface area contributed by atoms with Gasteiger partial charge in [0.2, 0.25) is 0 Å². The fourth-order valence-electron chi connectivity index (χ4n) is 2.42. The zero-order valence-electron chi connectivity index (χ0n) is 13.5. The highest BCUT2D eigenvalue weighted by molar-refractivity contribution is 7.11. The van der Waals surface area contributed by atoms with E-state index in [2.05, 4.69) is 15.0 Å². The average Bonchev–Trinajstić information content (AvgIpc) is 3.16. The van der Waals surface area contributed by atoms with Crippen LogP contribution < -0.4 is 4.90 Å². The molecule has 126 valence electrons. The highest BCUT2D eigenvalue weighted by Crippen LogP contribution is 2.31. The van der Waals surface area contributed by atoms with E-state index in [0.29, 0.717) is 13.1 Å². The van der Waals surface area contributed by atoms with Crippen molar-refractivity contribution in [3.05, 3.63) is 64.4 Å². The van der Waals surface area contributed by atoms with Crippen LogP contribution in [0.25, 0.3) is 0 Å². The lowest BCUT2D eigenvalue weighted by molar-refractivity contribution is 0.0172. The molecule has 0 aliphatic heterocycles. The van der Waals surface area contributed by atoms with Crippen LogP contribution >= 0.6 is 11.3 Å². The topological polar surface area (TPSA) is 34.0 Å². The second kappa shape index (κ2) is 6.68. The van der Waals surface area contributed by atoms with Gasteiger partial charge in [0.15, 0.2) is 5.01 Å². The van der Waals surface area contributed by atoms with Crippen LogP contribution in [-0.4, -0.2) is 14.8 Å². The zero-order valence-corrected chi connectivity index (χ0v) is 14.3. The number of thiazole rings is 1. The first kappa shape index (κ1) is 16.6. The van der Waals surface area contributed by atoms with Gasteiger partial charge in [0.05, 0.1) is 12.7 Å². The molecule has 3 aromatic rings. The summed E-state index contributed by atoms with van der Waals surface area (Å²) in [7, 11) is 1.87.